The SMILES string of the molecule is CC(C)(C)OC(=O)NSCl. The van der Waals surface area contributed by atoms with Crippen molar-refractivity contribution >= 4 is 27.9 Å². The van der Waals surface area contributed by atoms with Gasteiger partial charge in [-0.05, 0) is 31.5 Å². The largest absolute Gasteiger partial charge is 0.443 e. The van der Waals surface area contributed by atoms with Gasteiger partial charge in [0.25, 0.3) is 0 Å². The van der Waals surface area contributed by atoms with Gasteiger partial charge in [-0.2, -0.15) is 0 Å². The monoisotopic (exact) mass is 183 g/mol. The third-order valence-electron chi connectivity index (χ3n) is 0.521. The van der Waals surface area contributed by atoms with E-state index >= 15 is 0 Å². The molecule has 0 aromatic heterocycles. The van der Waals surface area contributed by atoms with Gasteiger partial charge in [0.2, 0.25) is 0 Å². The number of amides is 1. The van der Waals surface area contributed by atoms with Crippen molar-refractivity contribution < 1.29 is 9.53 Å². The Morgan fingerprint density at radius 3 is 2.40 bits per heavy atom. The van der Waals surface area contributed by atoms with Crippen LogP contribution in [0.25, 0.3) is 0 Å². The summed E-state index contributed by atoms with van der Waals surface area (Å²) in [6, 6.07) is 0. The van der Waals surface area contributed by atoms with Gasteiger partial charge >= 0.3 is 6.09 Å². The van der Waals surface area contributed by atoms with E-state index in [1.807, 2.05) is 0 Å². The average molecular weight is 184 g/mol. The second-order valence-electron chi connectivity index (χ2n) is 2.68. The van der Waals surface area contributed by atoms with E-state index in [0.717, 1.165) is 0 Å². The van der Waals surface area contributed by atoms with E-state index in [2.05, 4.69) is 4.72 Å². The number of rotatable bonds is 1. The summed E-state index contributed by atoms with van der Waals surface area (Å²) in [6.07, 6.45) is -0.521. The molecule has 0 aliphatic rings. The second kappa shape index (κ2) is 3.93. The maximum atomic E-state index is 10.6. The highest BCUT2D eigenvalue weighted by Crippen LogP contribution is 2.08. The van der Waals surface area contributed by atoms with E-state index in [9.17, 15) is 4.79 Å². The van der Waals surface area contributed by atoms with E-state index in [1.54, 1.807) is 20.8 Å². The quantitative estimate of drug-likeness (QED) is 0.634. The lowest BCUT2D eigenvalue weighted by Crippen LogP contribution is -2.28. The van der Waals surface area contributed by atoms with Crippen LogP contribution in [-0.2, 0) is 4.74 Å². The van der Waals surface area contributed by atoms with E-state index < -0.39 is 11.7 Å². The highest BCUT2D eigenvalue weighted by molar-refractivity contribution is 8.19. The highest BCUT2D eigenvalue weighted by Gasteiger charge is 2.15. The van der Waals surface area contributed by atoms with E-state index in [4.69, 9.17) is 15.4 Å². The summed E-state index contributed by atoms with van der Waals surface area (Å²) >= 11 is 0.698. The Balaban J connectivity index is 3.58. The summed E-state index contributed by atoms with van der Waals surface area (Å²) in [6.45, 7) is 5.35. The number of halogens is 1. The van der Waals surface area contributed by atoms with Crippen LogP contribution in [0.3, 0.4) is 0 Å². The van der Waals surface area contributed by atoms with Crippen molar-refractivity contribution in [3.8, 4) is 0 Å². The van der Waals surface area contributed by atoms with Crippen molar-refractivity contribution in [3.63, 3.8) is 0 Å². The van der Waals surface area contributed by atoms with Crippen LogP contribution >= 0.6 is 21.8 Å². The third kappa shape index (κ3) is 6.04. The molecular weight excluding hydrogens is 174 g/mol. The Morgan fingerprint density at radius 2 is 2.10 bits per heavy atom. The summed E-state index contributed by atoms with van der Waals surface area (Å²) in [5.74, 6) is 0. The van der Waals surface area contributed by atoms with Gasteiger partial charge in [-0.1, -0.05) is 0 Å². The minimum atomic E-state index is -0.521. The van der Waals surface area contributed by atoms with Crippen molar-refractivity contribution in [2.45, 2.75) is 26.4 Å². The molecule has 0 radical (unpaired) electrons. The molecule has 3 nitrogen and oxygen atoms in total. The first-order valence-corrected chi connectivity index (χ1v) is 4.36. The first kappa shape index (κ1) is 9.91. The number of carbonyl (C=O) groups is 1. The smallest absolute Gasteiger partial charge is 0.418 e. The molecule has 0 bridgehead atoms. The molecule has 0 aliphatic heterocycles. The zero-order chi connectivity index (χ0) is 8.20. The van der Waals surface area contributed by atoms with Crippen LogP contribution < -0.4 is 4.72 Å². The molecule has 0 aromatic carbocycles. The summed E-state index contributed by atoms with van der Waals surface area (Å²) in [5, 5.41) is 0. The predicted octanol–water partition coefficient (Wildman–Crippen LogP) is 2.31. The fraction of sp³-hybridized carbons (Fsp3) is 0.800. The molecule has 0 saturated heterocycles. The lowest BCUT2D eigenvalue weighted by molar-refractivity contribution is 0.0575. The molecule has 0 fully saturated rings. The molecule has 0 aromatic rings. The first-order chi connectivity index (χ1) is 4.45. The Labute approximate surface area is 69.1 Å². The van der Waals surface area contributed by atoms with Crippen LogP contribution in [0.2, 0.25) is 0 Å². The van der Waals surface area contributed by atoms with E-state index in [-0.39, 0.29) is 0 Å². The zero-order valence-corrected chi connectivity index (χ0v) is 7.68. The number of hydrogen-bond acceptors (Lipinski definition) is 3. The van der Waals surface area contributed by atoms with Gasteiger partial charge in [0.15, 0.2) is 0 Å². The number of carbonyl (C=O) groups excluding carboxylic acids is 1. The Morgan fingerprint density at radius 1 is 1.60 bits per heavy atom. The molecule has 0 spiro atoms. The van der Waals surface area contributed by atoms with Gasteiger partial charge in [-0.25, -0.2) is 4.79 Å². The van der Waals surface area contributed by atoms with Gasteiger partial charge in [0.05, 0.1) is 11.2 Å². The normalized spacial score (nSPS) is 10.8. The van der Waals surface area contributed by atoms with Gasteiger partial charge in [-0.3, -0.25) is 4.72 Å². The third-order valence-corrected chi connectivity index (χ3v) is 0.996. The Bertz CT molecular complexity index is 123. The molecule has 60 valence electrons. The van der Waals surface area contributed by atoms with Crippen LogP contribution in [0.15, 0.2) is 0 Å². The first-order valence-electron chi connectivity index (χ1n) is 2.72. The van der Waals surface area contributed by atoms with Crippen LogP contribution in [0.5, 0.6) is 0 Å². The zero-order valence-electron chi connectivity index (χ0n) is 6.10. The highest BCUT2D eigenvalue weighted by atomic mass is 35.7. The molecule has 0 rings (SSSR count). The Kier molecular flexibility index (Phi) is 3.89. The maximum absolute atomic E-state index is 10.6. The lowest BCUT2D eigenvalue weighted by atomic mass is 10.2. The molecule has 0 atom stereocenters. The minimum absolute atomic E-state index is 0.462. The number of hydrogen-bond donors (Lipinski definition) is 1. The molecule has 0 aliphatic carbocycles. The van der Waals surface area contributed by atoms with Crippen LogP contribution in [-0.4, -0.2) is 11.7 Å². The molecule has 1 amide bonds. The van der Waals surface area contributed by atoms with Crippen LogP contribution in [0.1, 0.15) is 20.8 Å². The van der Waals surface area contributed by atoms with Crippen LogP contribution in [0.4, 0.5) is 4.79 Å². The standard InChI is InChI=1S/C5H10ClNO2S/c1-5(2,3)9-4(8)7-10-6/h1-3H3,(H,7,8). The fourth-order valence-corrected chi connectivity index (χ4v) is 0.624. The molecule has 0 unspecified atom stereocenters. The van der Waals surface area contributed by atoms with Crippen molar-refractivity contribution in [2.75, 3.05) is 0 Å². The topological polar surface area (TPSA) is 38.3 Å². The Hall–Kier alpha value is -0.0900. The predicted molar refractivity (Wildman–Crippen MR) is 42.8 cm³/mol. The van der Waals surface area contributed by atoms with Gasteiger partial charge in [-0.15, -0.1) is 0 Å². The summed E-state index contributed by atoms with van der Waals surface area (Å²) in [5.41, 5.74) is -0.462. The van der Waals surface area contributed by atoms with Crippen molar-refractivity contribution in [2.24, 2.45) is 0 Å². The van der Waals surface area contributed by atoms with Crippen LogP contribution in [0, 0.1) is 0 Å². The lowest BCUT2D eigenvalue weighted by Gasteiger charge is -2.18. The number of ether oxygens (including phenoxy) is 1. The summed E-state index contributed by atoms with van der Waals surface area (Å²) in [4.78, 5) is 10.6. The number of nitrogens with one attached hydrogen (secondary N) is 1. The molecule has 0 heterocycles. The van der Waals surface area contributed by atoms with Crippen molar-refractivity contribution in [1.82, 2.24) is 4.72 Å². The molecular formula is C5H10ClNO2S. The summed E-state index contributed by atoms with van der Waals surface area (Å²) < 4.78 is 7.05. The van der Waals surface area contributed by atoms with Gasteiger partial charge in [0, 0.05) is 0 Å². The molecule has 5 heteroatoms. The van der Waals surface area contributed by atoms with E-state index in [0.29, 0.717) is 11.2 Å². The fourth-order valence-electron chi connectivity index (χ4n) is 0.330. The minimum Gasteiger partial charge on any atom is -0.443 e. The van der Waals surface area contributed by atoms with E-state index in [1.165, 1.54) is 0 Å². The van der Waals surface area contributed by atoms with Gasteiger partial charge < -0.3 is 4.74 Å². The molecule has 10 heavy (non-hydrogen) atoms. The van der Waals surface area contributed by atoms with Crippen molar-refractivity contribution in [3.05, 3.63) is 0 Å². The van der Waals surface area contributed by atoms with Gasteiger partial charge in [0.1, 0.15) is 5.60 Å². The summed E-state index contributed by atoms with van der Waals surface area (Å²) in [7, 11) is 5.13. The van der Waals surface area contributed by atoms with Crippen molar-refractivity contribution in [1.29, 1.82) is 0 Å². The second-order valence-corrected chi connectivity index (χ2v) is 3.50. The average Bonchev–Trinajstić information content (AvgIpc) is 1.59. The maximum Gasteiger partial charge on any atom is 0.418 e. The molecule has 1 N–H and O–H groups in total. The molecule has 0 saturated carbocycles.